The topological polar surface area (TPSA) is 95.6 Å². The van der Waals surface area contributed by atoms with E-state index in [2.05, 4.69) is 20.3 Å². The summed E-state index contributed by atoms with van der Waals surface area (Å²) in [5.41, 5.74) is -0.271. The lowest BCUT2D eigenvalue weighted by atomic mass is 10.4. The number of aryl methyl sites for hydroxylation is 1. The van der Waals surface area contributed by atoms with Crippen molar-refractivity contribution in [2.45, 2.75) is 13.0 Å². The van der Waals surface area contributed by atoms with Crippen molar-refractivity contribution >= 4 is 28.9 Å². The zero-order valence-corrected chi connectivity index (χ0v) is 11.2. The molecule has 0 bridgehead atoms. The van der Waals surface area contributed by atoms with Gasteiger partial charge in [-0.2, -0.15) is 16.7 Å². The van der Waals surface area contributed by atoms with Crippen LogP contribution in [0.3, 0.4) is 0 Å². The lowest BCUT2D eigenvalue weighted by molar-refractivity contribution is 0.831. The second kappa shape index (κ2) is 4.89. The molecule has 2 heterocycles. The van der Waals surface area contributed by atoms with Crippen molar-refractivity contribution in [2.75, 3.05) is 17.3 Å². The molecular formula is C10H15N5O2S. The summed E-state index contributed by atoms with van der Waals surface area (Å²) >= 11 is 1.72. The Morgan fingerprint density at radius 2 is 2.17 bits per heavy atom. The van der Waals surface area contributed by atoms with Crippen LogP contribution in [-0.2, 0) is 7.05 Å². The summed E-state index contributed by atoms with van der Waals surface area (Å²) in [5.74, 6) is 1.42. The smallest absolute Gasteiger partial charge is 0.329 e. The molecule has 3 N–H and O–H groups in total. The lowest BCUT2D eigenvalue weighted by Crippen LogP contribution is -2.28. The van der Waals surface area contributed by atoms with Crippen LogP contribution in [0, 0.1) is 0 Å². The molecule has 0 saturated carbocycles. The standard InChI is InChI=1S/C10H15N5O2S/c1-5(4-18-3)11-9-12-6-7(13-9)15(2)10(17)14-8(6)16/h5H,4H2,1-3H3,(H2,11,12,13)(H,14,16,17). The van der Waals surface area contributed by atoms with Crippen LogP contribution in [0.4, 0.5) is 5.95 Å². The Kier molecular flexibility index (Phi) is 3.46. The molecule has 0 aliphatic carbocycles. The lowest BCUT2D eigenvalue weighted by Gasteiger charge is -2.10. The predicted octanol–water partition coefficient (Wildman–Crippen LogP) is 0.113. The fourth-order valence-electron chi connectivity index (χ4n) is 1.70. The highest BCUT2D eigenvalue weighted by atomic mass is 32.2. The van der Waals surface area contributed by atoms with E-state index in [0.717, 1.165) is 5.75 Å². The van der Waals surface area contributed by atoms with Gasteiger partial charge in [0.25, 0.3) is 5.56 Å². The van der Waals surface area contributed by atoms with Crippen molar-refractivity contribution in [1.29, 1.82) is 0 Å². The van der Waals surface area contributed by atoms with Gasteiger partial charge < -0.3 is 10.3 Å². The Bertz CT molecular complexity index is 671. The van der Waals surface area contributed by atoms with Crippen molar-refractivity contribution in [3.05, 3.63) is 20.8 Å². The summed E-state index contributed by atoms with van der Waals surface area (Å²) in [4.78, 5) is 32.4. The highest BCUT2D eigenvalue weighted by Crippen LogP contribution is 2.10. The van der Waals surface area contributed by atoms with Crippen LogP contribution < -0.4 is 16.6 Å². The quantitative estimate of drug-likeness (QED) is 0.732. The van der Waals surface area contributed by atoms with Gasteiger partial charge >= 0.3 is 5.69 Å². The van der Waals surface area contributed by atoms with Crippen molar-refractivity contribution < 1.29 is 0 Å². The average molecular weight is 269 g/mol. The first-order valence-electron chi connectivity index (χ1n) is 5.47. The van der Waals surface area contributed by atoms with Gasteiger partial charge in [-0.05, 0) is 13.2 Å². The maximum Gasteiger partial charge on any atom is 0.329 e. The molecular weight excluding hydrogens is 254 g/mol. The van der Waals surface area contributed by atoms with E-state index >= 15 is 0 Å². The van der Waals surface area contributed by atoms with Gasteiger partial charge in [0, 0.05) is 18.8 Å². The molecule has 0 aliphatic heterocycles. The highest BCUT2D eigenvalue weighted by molar-refractivity contribution is 7.98. The molecule has 18 heavy (non-hydrogen) atoms. The number of nitrogens with zero attached hydrogens (tertiary/aromatic N) is 2. The molecule has 0 aliphatic rings. The van der Waals surface area contributed by atoms with E-state index in [1.165, 1.54) is 4.57 Å². The second-order valence-corrected chi connectivity index (χ2v) is 5.01. The number of rotatable bonds is 4. The van der Waals surface area contributed by atoms with Crippen molar-refractivity contribution in [2.24, 2.45) is 7.05 Å². The average Bonchev–Trinajstić information content (AvgIpc) is 2.71. The van der Waals surface area contributed by atoms with Gasteiger partial charge in [-0.15, -0.1) is 0 Å². The number of hydrogen-bond donors (Lipinski definition) is 3. The number of imidazole rings is 1. The molecule has 0 spiro atoms. The summed E-state index contributed by atoms with van der Waals surface area (Å²) < 4.78 is 1.30. The van der Waals surface area contributed by atoms with Crippen LogP contribution >= 0.6 is 11.8 Å². The summed E-state index contributed by atoms with van der Waals surface area (Å²) in [6.07, 6.45) is 2.02. The number of thioether (sulfide) groups is 1. The minimum Gasteiger partial charge on any atom is -0.352 e. The Morgan fingerprint density at radius 3 is 2.83 bits per heavy atom. The van der Waals surface area contributed by atoms with E-state index in [0.29, 0.717) is 17.1 Å². The van der Waals surface area contributed by atoms with Crippen molar-refractivity contribution in [3.63, 3.8) is 0 Å². The van der Waals surface area contributed by atoms with Crippen LogP contribution in [0.1, 0.15) is 6.92 Å². The minimum atomic E-state index is -0.470. The highest BCUT2D eigenvalue weighted by Gasteiger charge is 2.11. The molecule has 7 nitrogen and oxygen atoms in total. The van der Waals surface area contributed by atoms with E-state index in [-0.39, 0.29) is 6.04 Å². The molecule has 0 fully saturated rings. The third kappa shape index (κ3) is 2.28. The van der Waals surface area contributed by atoms with Crippen LogP contribution in [-0.4, -0.2) is 37.6 Å². The first kappa shape index (κ1) is 12.7. The van der Waals surface area contributed by atoms with Gasteiger partial charge in [0.1, 0.15) is 0 Å². The number of aromatic amines is 2. The normalized spacial score (nSPS) is 12.8. The zero-order valence-electron chi connectivity index (χ0n) is 10.4. The maximum absolute atomic E-state index is 11.6. The summed E-state index contributed by atoms with van der Waals surface area (Å²) in [5, 5.41) is 3.15. The van der Waals surface area contributed by atoms with Gasteiger partial charge in [0.05, 0.1) is 0 Å². The van der Waals surface area contributed by atoms with E-state index in [1.807, 2.05) is 13.2 Å². The fraction of sp³-hybridized carbons (Fsp3) is 0.500. The number of aromatic nitrogens is 4. The summed E-state index contributed by atoms with van der Waals surface area (Å²) in [6, 6.07) is 0.219. The van der Waals surface area contributed by atoms with Gasteiger partial charge in [-0.3, -0.25) is 14.3 Å². The molecule has 2 aromatic heterocycles. The molecule has 1 unspecified atom stereocenters. The predicted molar refractivity (Wildman–Crippen MR) is 73.4 cm³/mol. The molecule has 8 heteroatoms. The molecule has 2 aromatic rings. The SMILES string of the molecule is CSCC(C)Nc1nc2c([nH]1)c(=O)[nH]c(=O)n2C. The Hall–Kier alpha value is -1.70. The zero-order chi connectivity index (χ0) is 13.3. The van der Waals surface area contributed by atoms with Crippen LogP contribution in [0.5, 0.6) is 0 Å². The third-order valence-corrected chi connectivity index (χ3v) is 3.39. The Labute approximate surface area is 107 Å². The Balaban J connectivity index is 2.45. The minimum absolute atomic E-state index is 0.219. The second-order valence-electron chi connectivity index (χ2n) is 4.10. The van der Waals surface area contributed by atoms with Gasteiger partial charge in [-0.1, -0.05) is 0 Å². The van der Waals surface area contributed by atoms with E-state index in [1.54, 1.807) is 18.8 Å². The number of anilines is 1. The molecule has 0 radical (unpaired) electrons. The first-order valence-corrected chi connectivity index (χ1v) is 6.86. The molecule has 0 amide bonds. The van der Waals surface area contributed by atoms with Crippen LogP contribution in [0.15, 0.2) is 9.59 Å². The third-order valence-electron chi connectivity index (χ3n) is 2.55. The van der Waals surface area contributed by atoms with E-state index in [9.17, 15) is 9.59 Å². The monoisotopic (exact) mass is 269 g/mol. The first-order chi connectivity index (χ1) is 8.52. The number of fused-ring (bicyclic) bond motifs is 1. The molecule has 98 valence electrons. The summed E-state index contributed by atoms with van der Waals surface area (Å²) in [7, 11) is 1.57. The van der Waals surface area contributed by atoms with Crippen molar-refractivity contribution in [1.82, 2.24) is 19.5 Å². The van der Waals surface area contributed by atoms with Crippen LogP contribution in [0.25, 0.3) is 11.2 Å². The summed E-state index contributed by atoms with van der Waals surface area (Å²) in [6.45, 7) is 2.02. The largest absolute Gasteiger partial charge is 0.352 e. The van der Waals surface area contributed by atoms with Gasteiger partial charge in [0.15, 0.2) is 11.2 Å². The molecule has 0 saturated heterocycles. The fourth-order valence-corrected chi connectivity index (χ4v) is 2.28. The van der Waals surface area contributed by atoms with Gasteiger partial charge in [0.2, 0.25) is 5.95 Å². The maximum atomic E-state index is 11.6. The number of nitrogens with one attached hydrogen (secondary N) is 3. The van der Waals surface area contributed by atoms with E-state index < -0.39 is 11.2 Å². The number of H-pyrrole nitrogens is 2. The van der Waals surface area contributed by atoms with Gasteiger partial charge in [-0.25, -0.2) is 4.79 Å². The van der Waals surface area contributed by atoms with Crippen molar-refractivity contribution in [3.8, 4) is 0 Å². The molecule has 2 rings (SSSR count). The Morgan fingerprint density at radius 1 is 1.44 bits per heavy atom. The molecule has 1 atom stereocenters. The molecule has 0 aromatic carbocycles. The number of hydrogen-bond acceptors (Lipinski definition) is 5. The van der Waals surface area contributed by atoms with Crippen LogP contribution in [0.2, 0.25) is 0 Å². The van der Waals surface area contributed by atoms with E-state index in [4.69, 9.17) is 0 Å².